The van der Waals surface area contributed by atoms with Crippen molar-refractivity contribution in [2.75, 3.05) is 39.4 Å². The van der Waals surface area contributed by atoms with Gasteiger partial charge in [0, 0.05) is 43.5 Å². The number of morpholine rings is 1. The topological polar surface area (TPSA) is 76.5 Å². The standard InChI is InChI=1S/C23H28N4O3S/c1-17-3-5-18(6-4-17)19-15-31-22-21(19)23(29)27(16-25-22)10-7-20(28)24-8-2-9-26-11-13-30-14-12-26/h3-6,15-16H,2,7-14H2,1H3,(H,24,28). The molecule has 0 spiro atoms. The molecule has 0 atom stereocenters. The SMILES string of the molecule is Cc1ccc(-c2csc3ncn(CCC(=O)NCCCN4CCOCC4)c(=O)c23)cc1. The minimum absolute atomic E-state index is 0.0435. The number of fused-ring (bicyclic) bond motifs is 1. The molecule has 0 saturated carbocycles. The van der Waals surface area contributed by atoms with Crippen LogP contribution in [0.15, 0.2) is 40.8 Å². The van der Waals surface area contributed by atoms with Gasteiger partial charge in [0.25, 0.3) is 5.56 Å². The number of carbonyl (C=O) groups excluding carboxylic acids is 1. The quantitative estimate of drug-likeness (QED) is 0.545. The van der Waals surface area contributed by atoms with Gasteiger partial charge in [-0.05, 0) is 25.5 Å². The van der Waals surface area contributed by atoms with Gasteiger partial charge < -0.3 is 10.1 Å². The molecular weight excluding hydrogens is 412 g/mol. The summed E-state index contributed by atoms with van der Waals surface area (Å²) in [6.07, 6.45) is 2.72. The first kappa shape index (κ1) is 21.7. The number of nitrogens with one attached hydrogen (secondary N) is 1. The van der Waals surface area contributed by atoms with Gasteiger partial charge in [0.2, 0.25) is 5.91 Å². The minimum Gasteiger partial charge on any atom is -0.379 e. The number of aromatic nitrogens is 2. The third-order valence-electron chi connectivity index (χ3n) is 5.58. The summed E-state index contributed by atoms with van der Waals surface area (Å²) in [6, 6.07) is 8.13. The summed E-state index contributed by atoms with van der Waals surface area (Å²) in [7, 11) is 0. The predicted molar refractivity (Wildman–Crippen MR) is 124 cm³/mol. The monoisotopic (exact) mass is 440 g/mol. The van der Waals surface area contributed by atoms with Gasteiger partial charge in [-0.2, -0.15) is 0 Å². The Hall–Kier alpha value is -2.55. The van der Waals surface area contributed by atoms with Crippen molar-refractivity contribution in [3.05, 3.63) is 51.9 Å². The molecule has 7 nitrogen and oxygen atoms in total. The van der Waals surface area contributed by atoms with E-state index < -0.39 is 0 Å². The van der Waals surface area contributed by atoms with Gasteiger partial charge in [-0.25, -0.2) is 4.98 Å². The molecule has 0 unspecified atom stereocenters. The van der Waals surface area contributed by atoms with E-state index in [0.29, 0.717) is 18.5 Å². The fourth-order valence-corrected chi connectivity index (χ4v) is 4.64. The van der Waals surface area contributed by atoms with Gasteiger partial charge >= 0.3 is 0 Å². The van der Waals surface area contributed by atoms with Crippen molar-refractivity contribution < 1.29 is 9.53 Å². The van der Waals surface area contributed by atoms with Crippen molar-refractivity contribution in [2.24, 2.45) is 0 Å². The van der Waals surface area contributed by atoms with Crippen molar-refractivity contribution in [3.8, 4) is 11.1 Å². The fourth-order valence-electron chi connectivity index (χ4n) is 3.74. The largest absolute Gasteiger partial charge is 0.379 e. The molecule has 4 rings (SSSR count). The second kappa shape index (κ2) is 10.2. The Kier molecular flexibility index (Phi) is 7.11. The van der Waals surface area contributed by atoms with Gasteiger partial charge in [0.15, 0.2) is 0 Å². The first-order chi connectivity index (χ1) is 15.1. The number of carbonyl (C=O) groups is 1. The fraction of sp³-hybridized carbons (Fsp3) is 0.435. The highest BCUT2D eigenvalue weighted by molar-refractivity contribution is 7.17. The average molecular weight is 441 g/mol. The van der Waals surface area contributed by atoms with Crippen LogP contribution in [-0.2, 0) is 16.1 Å². The van der Waals surface area contributed by atoms with Crippen molar-refractivity contribution in [1.82, 2.24) is 19.8 Å². The lowest BCUT2D eigenvalue weighted by Gasteiger charge is -2.26. The van der Waals surface area contributed by atoms with Crippen LogP contribution in [-0.4, -0.2) is 59.8 Å². The normalized spacial score (nSPS) is 14.7. The highest BCUT2D eigenvalue weighted by Gasteiger charge is 2.14. The van der Waals surface area contributed by atoms with E-state index in [4.69, 9.17) is 4.74 Å². The van der Waals surface area contributed by atoms with Gasteiger partial charge in [-0.1, -0.05) is 29.8 Å². The van der Waals surface area contributed by atoms with Crippen molar-refractivity contribution in [3.63, 3.8) is 0 Å². The molecule has 1 aliphatic rings. The number of nitrogens with zero attached hydrogens (tertiary/aromatic N) is 3. The number of thiophene rings is 1. The number of rotatable bonds is 8. The van der Waals surface area contributed by atoms with Crippen LogP contribution in [0.2, 0.25) is 0 Å². The van der Waals surface area contributed by atoms with Gasteiger partial charge in [-0.15, -0.1) is 11.3 Å². The molecule has 1 aliphatic heterocycles. The maximum absolute atomic E-state index is 13.1. The van der Waals surface area contributed by atoms with Crippen LogP contribution in [0, 0.1) is 6.92 Å². The zero-order valence-electron chi connectivity index (χ0n) is 17.8. The summed E-state index contributed by atoms with van der Waals surface area (Å²) in [5.41, 5.74) is 2.99. The third-order valence-corrected chi connectivity index (χ3v) is 6.47. The summed E-state index contributed by atoms with van der Waals surface area (Å²) in [5, 5.41) is 5.56. The highest BCUT2D eigenvalue weighted by atomic mass is 32.1. The number of aryl methyl sites for hydroxylation is 2. The third kappa shape index (κ3) is 5.39. The number of ether oxygens (including phenoxy) is 1. The van der Waals surface area contributed by atoms with Gasteiger partial charge in [-0.3, -0.25) is 19.1 Å². The van der Waals surface area contributed by atoms with E-state index in [9.17, 15) is 9.59 Å². The molecule has 8 heteroatoms. The molecule has 1 fully saturated rings. The zero-order chi connectivity index (χ0) is 21.6. The molecule has 1 saturated heterocycles. The Morgan fingerprint density at radius 1 is 1.19 bits per heavy atom. The van der Waals surface area contributed by atoms with Crippen LogP contribution in [0.25, 0.3) is 21.3 Å². The van der Waals surface area contributed by atoms with Crippen molar-refractivity contribution >= 4 is 27.5 Å². The molecule has 2 aromatic heterocycles. The second-order valence-electron chi connectivity index (χ2n) is 7.85. The van der Waals surface area contributed by atoms with E-state index >= 15 is 0 Å². The molecule has 1 amide bonds. The Labute approximate surface area is 185 Å². The van der Waals surface area contributed by atoms with Crippen molar-refractivity contribution in [1.29, 1.82) is 0 Å². The number of hydrogen-bond donors (Lipinski definition) is 1. The van der Waals surface area contributed by atoms with E-state index in [1.165, 1.54) is 16.9 Å². The second-order valence-corrected chi connectivity index (χ2v) is 8.70. The summed E-state index contributed by atoms with van der Waals surface area (Å²) in [4.78, 5) is 32.8. The molecule has 0 aliphatic carbocycles. The molecule has 3 heterocycles. The van der Waals surface area contributed by atoms with Crippen LogP contribution >= 0.6 is 11.3 Å². The van der Waals surface area contributed by atoms with Gasteiger partial charge in [0.1, 0.15) is 4.83 Å². The van der Waals surface area contributed by atoms with E-state index in [2.05, 4.69) is 15.2 Å². The maximum atomic E-state index is 13.1. The Balaban J connectivity index is 1.34. The molecule has 31 heavy (non-hydrogen) atoms. The van der Waals surface area contributed by atoms with Crippen LogP contribution in [0.5, 0.6) is 0 Å². The van der Waals surface area contributed by atoms with Crippen LogP contribution in [0.3, 0.4) is 0 Å². The number of hydrogen-bond acceptors (Lipinski definition) is 6. The highest BCUT2D eigenvalue weighted by Crippen LogP contribution is 2.30. The Morgan fingerprint density at radius 2 is 1.97 bits per heavy atom. The van der Waals surface area contributed by atoms with E-state index in [0.717, 1.165) is 55.2 Å². The summed E-state index contributed by atoms with van der Waals surface area (Å²) >= 11 is 1.47. The smallest absolute Gasteiger partial charge is 0.262 e. The first-order valence-corrected chi connectivity index (χ1v) is 11.6. The average Bonchev–Trinajstić information content (AvgIpc) is 3.22. The molecule has 164 valence electrons. The lowest BCUT2D eigenvalue weighted by molar-refractivity contribution is -0.121. The van der Waals surface area contributed by atoms with E-state index in [1.807, 2.05) is 36.6 Å². The van der Waals surface area contributed by atoms with Crippen LogP contribution in [0.1, 0.15) is 18.4 Å². The van der Waals surface area contributed by atoms with Crippen molar-refractivity contribution in [2.45, 2.75) is 26.3 Å². The number of amides is 1. The maximum Gasteiger partial charge on any atom is 0.262 e. The predicted octanol–water partition coefficient (Wildman–Crippen LogP) is 2.66. The zero-order valence-corrected chi connectivity index (χ0v) is 18.6. The van der Waals surface area contributed by atoms with Crippen LogP contribution in [0.4, 0.5) is 0 Å². The lowest BCUT2D eigenvalue weighted by Crippen LogP contribution is -2.38. The summed E-state index contributed by atoms with van der Waals surface area (Å²) in [5.74, 6) is -0.0435. The Morgan fingerprint density at radius 3 is 2.74 bits per heavy atom. The molecular formula is C23H28N4O3S. The molecule has 3 aromatic rings. The minimum atomic E-state index is -0.0954. The summed E-state index contributed by atoms with van der Waals surface area (Å²) in [6.45, 7) is 7.45. The summed E-state index contributed by atoms with van der Waals surface area (Å²) < 4.78 is 6.88. The Bertz CT molecular complexity index is 1080. The van der Waals surface area contributed by atoms with Crippen LogP contribution < -0.4 is 10.9 Å². The number of benzene rings is 1. The molecule has 0 radical (unpaired) electrons. The molecule has 1 N–H and O–H groups in total. The first-order valence-electron chi connectivity index (χ1n) is 10.7. The lowest BCUT2D eigenvalue weighted by atomic mass is 10.1. The molecule has 0 bridgehead atoms. The van der Waals surface area contributed by atoms with Gasteiger partial charge in [0.05, 0.1) is 24.9 Å². The molecule has 1 aromatic carbocycles. The van der Waals surface area contributed by atoms with E-state index in [-0.39, 0.29) is 17.9 Å². The van der Waals surface area contributed by atoms with E-state index in [1.54, 1.807) is 10.9 Å².